The molecule has 2 aliphatic rings. The van der Waals surface area contributed by atoms with Crippen LogP contribution in [0.2, 0.25) is 0 Å². The fourth-order valence-electron chi connectivity index (χ4n) is 3.48. The molecular formula is C19H19N9OS. The molecule has 30 heavy (non-hydrogen) atoms. The smallest absolute Gasteiger partial charge is 0.228 e. The van der Waals surface area contributed by atoms with Gasteiger partial charge in [-0.2, -0.15) is 5.10 Å². The molecule has 0 aromatic carbocycles. The van der Waals surface area contributed by atoms with E-state index in [1.807, 2.05) is 34.9 Å². The molecule has 0 spiro atoms. The van der Waals surface area contributed by atoms with Gasteiger partial charge in [0, 0.05) is 25.2 Å². The van der Waals surface area contributed by atoms with Crippen molar-refractivity contribution in [1.82, 2.24) is 34.6 Å². The van der Waals surface area contributed by atoms with E-state index < -0.39 is 0 Å². The zero-order chi connectivity index (χ0) is 20.1. The van der Waals surface area contributed by atoms with Crippen LogP contribution in [0.25, 0.3) is 11.3 Å². The quantitative estimate of drug-likeness (QED) is 0.504. The van der Waals surface area contributed by atoms with Crippen molar-refractivity contribution in [3.05, 3.63) is 36.7 Å². The maximum atomic E-state index is 12.0. The third-order valence-electron chi connectivity index (χ3n) is 5.22. The van der Waals surface area contributed by atoms with Crippen LogP contribution in [0.1, 0.15) is 19.3 Å². The second-order valence-electron chi connectivity index (χ2n) is 7.48. The molecule has 1 saturated heterocycles. The van der Waals surface area contributed by atoms with Gasteiger partial charge in [-0.25, -0.2) is 14.9 Å². The number of anilines is 2. The van der Waals surface area contributed by atoms with Crippen molar-refractivity contribution in [3.63, 3.8) is 0 Å². The fourth-order valence-corrected chi connectivity index (χ4v) is 4.26. The minimum absolute atomic E-state index is 0.0335. The number of hydrogen-bond acceptors (Lipinski definition) is 8. The predicted molar refractivity (Wildman–Crippen MR) is 111 cm³/mol. The standard InChI is InChI=1S/C19H19N9OS/c29-18(12-2-3-12)22-14-11-28-15(21-14)6-7-17(25-28)30-19-24-23-16-5-4-13(10-26(16)19)27-9-1-8-20-27/h4-7,10-12,20H,1-3,8-9H2,(H,22,29). The lowest BCUT2D eigenvalue weighted by atomic mass is 10.4. The number of fused-ring (bicyclic) bond motifs is 2. The lowest BCUT2D eigenvalue weighted by Gasteiger charge is -2.17. The van der Waals surface area contributed by atoms with Crippen molar-refractivity contribution in [1.29, 1.82) is 0 Å². The summed E-state index contributed by atoms with van der Waals surface area (Å²) in [5.41, 5.74) is 5.91. The van der Waals surface area contributed by atoms with Crippen molar-refractivity contribution in [3.8, 4) is 0 Å². The van der Waals surface area contributed by atoms with Gasteiger partial charge in [0.2, 0.25) is 11.1 Å². The van der Waals surface area contributed by atoms with Crippen LogP contribution in [-0.4, -0.2) is 48.2 Å². The molecule has 152 valence electrons. The zero-order valence-electron chi connectivity index (χ0n) is 16.0. The Morgan fingerprint density at radius 1 is 1.13 bits per heavy atom. The SMILES string of the molecule is O=C(Nc1cn2nc(Sc3nnc4ccc(N5CCCN5)cn34)ccc2n1)C1CC1. The molecule has 4 aromatic heterocycles. The summed E-state index contributed by atoms with van der Waals surface area (Å²) in [5, 5.41) is 19.7. The topological polar surface area (TPSA) is 105 Å². The highest BCUT2D eigenvalue weighted by Crippen LogP contribution is 2.30. The first kappa shape index (κ1) is 17.7. The molecule has 6 rings (SSSR count). The van der Waals surface area contributed by atoms with Gasteiger partial charge < -0.3 is 10.3 Å². The summed E-state index contributed by atoms with van der Waals surface area (Å²) in [5.74, 6) is 0.694. The molecule has 2 N–H and O–H groups in total. The average Bonchev–Trinajstić information content (AvgIpc) is 3.14. The summed E-state index contributed by atoms with van der Waals surface area (Å²) in [6.07, 6.45) is 6.82. The molecule has 5 heterocycles. The summed E-state index contributed by atoms with van der Waals surface area (Å²) >= 11 is 1.43. The minimum atomic E-state index is 0.0335. The summed E-state index contributed by atoms with van der Waals surface area (Å²) < 4.78 is 3.65. The van der Waals surface area contributed by atoms with Crippen LogP contribution in [0.15, 0.2) is 46.8 Å². The number of aromatic nitrogens is 6. The van der Waals surface area contributed by atoms with E-state index in [0.717, 1.165) is 53.9 Å². The van der Waals surface area contributed by atoms with Gasteiger partial charge in [0.15, 0.2) is 17.1 Å². The van der Waals surface area contributed by atoms with E-state index >= 15 is 0 Å². The van der Waals surface area contributed by atoms with Gasteiger partial charge in [0.1, 0.15) is 5.03 Å². The molecule has 0 bridgehead atoms. The highest BCUT2D eigenvalue weighted by molar-refractivity contribution is 7.99. The minimum Gasteiger partial charge on any atom is -0.309 e. The van der Waals surface area contributed by atoms with Gasteiger partial charge in [-0.1, -0.05) is 0 Å². The molecule has 0 radical (unpaired) electrons. The summed E-state index contributed by atoms with van der Waals surface area (Å²) in [4.78, 5) is 16.4. The number of pyridine rings is 1. The maximum Gasteiger partial charge on any atom is 0.228 e. The van der Waals surface area contributed by atoms with Crippen molar-refractivity contribution >= 4 is 40.5 Å². The molecule has 10 nitrogen and oxygen atoms in total. The van der Waals surface area contributed by atoms with Crippen molar-refractivity contribution in [2.45, 2.75) is 29.4 Å². The Kier molecular flexibility index (Phi) is 4.09. The number of hydrogen-bond donors (Lipinski definition) is 2. The average molecular weight is 421 g/mol. The first-order chi connectivity index (χ1) is 14.7. The van der Waals surface area contributed by atoms with Crippen LogP contribution in [-0.2, 0) is 4.79 Å². The predicted octanol–water partition coefficient (Wildman–Crippen LogP) is 1.99. The van der Waals surface area contributed by atoms with Gasteiger partial charge in [-0.15, -0.1) is 10.2 Å². The molecule has 4 aromatic rings. The molecule has 0 atom stereocenters. The number of imidazole rings is 1. The lowest BCUT2D eigenvalue weighted by Crippen LogP contribution is -2.30. The Labute approximate surface area is 175 Å². The third-order valence-corrected chi connectivity index (χ3v) is 6.11. The monoisotopic (exact) mass is 421 g/mol. The van der Waals surface area contributed by atoms with Gasteiger partial charge in [0.05, 0.1) is 11.9 Å². The third kappa shape index (κ3) is 3.25. The maximum absolute atomic E-state index is 12.0. The van der Waals surface area contributed by atoms with E-state index in [2.05, 4.69) is 36.0 Å². The largest absolute Gasteiger partial charge is 0.309 e. The second-order valence-corrected chi connectivity index (χ2v) is 8.46. The summed E-state index contributed by atoms with van der Waals surface area (Å²) in [6, 6.07) is 7.79. The van der Waals surface area contributed by atoms with Crippen LogP contribution < -0.4 is 15.8 Å². The molecule has 1 saturated carbocycles. The molecule has 0 unspecified atom stereocenters. The number of nitrogens with one attached hydrogen (secondary N) is 2. The van der Waals surface area contributed by atoms with E-state index in [-0.39, 0.29) is 11.8 Å². The van der Waals surface area contributed by atoms with Gasteiger partial charge >= 0.3 is 0 Å². The van der Waals surface area contributed by atoms with Crippen LogP contribution in [0.3, 0.4) is 0 Å². The first-order valence-electron chi connectivity index (χ1n) is 9.94. The van der Waals surface area contributed by atoms with Crippen molar-refractivity contribution < 1.29 is 4.79 Å². The van der Waals surface area contributed by atoms with E-state index in [1.54, 1.807) is 10.7 Å². The lowest BCUT2D eigenvalue weighted by molar-refractivity contribution is -0.117. The van der Waals surface area contributed by atoms with Gasteiger partial charge in [0.25, 0.3) is 0 Å². The molecule has 2 fully saturated rings. The van der Waals surface area contributed by atoms with Crippen LogP contribution in [0.4, 0.5) is 11.5 Å². The second kappa shape index (κ2) is 6.96. The fraction of sp³-hybridized carbons (Fsp3) is 0.316. The van der Waals surface area contributed by atoms with E-state index in [9.17, 15) is 4.79 Å². The van der Waals surface area contributed by atoms with Gasteiger partial charge in [-0.3, -0.25) is 9.20 Å². The van der Waals surface area contributed by atoms with E-state index in [4.69, 9.17) is 0 Å². The molecule has 1 aliphatic carbocycles. The summed E-state index contributed by atoms with van der Waals surface area (Å²) in [7, 11) is 0. The molecule has 1 aliphatic heterocycles. The van der Waals surface area contributed by atoms with Crippen molar-refractivity contribution in [2.75, 3.05) is 23.4 Å². The van der Waals surface area contributed by atoms with Crippen LogP contribution in [0.5, 0.6) is 0 Å². The number of amides is 1. The molecule has 11 heteroatoms. The first-order valence-corrected chi connectivity index (χ1v) is 10.8. The highest BCUT2D eigenvalue weighted by atomic mass is 32.2. The van der Waals surface area contributed by atoms with E-state index in [1.165, 1.54) is 11.8 Å². The Morgan fingerprint density at radius 2 is 2.03 bits per heavy atom. The molecule has 1 amide bonds. The van der Waals surface area contributed by atoms with Crippen LogP contribution in [0, 0.1) is 5.92 Å². The van der Waals surface area contributed by atoms with Gasteiger partial charge in [-0.05, 0) is 55.3 Å². The Morgan fingerprint density at radius 3 is 2.87 bits per heavy atom. The Hall–Kier alpha value is -3.18. The number of hydrazine groups is 1. The number of carbonyl (C=O) groups is 1. The number of nitrogens with zero attached hydrogens (tertiary/aromatic N) is 7. The Bertz CT molecular complexity index is 1260. The van der Waals surface area contributed by atoms with Crippen molar-refractivity contribution in [2.24, 2.45) is 5.92 Å². The normalized spacial score (nSPS) is 16.6. The summed E-state index contributed by atoms with van der Waals surface area (Å²) in [6.45, 7) is 1.97. The Balaban J connectivity index is 1.27. The highest BCUT2D eigenvalue weighted by Gasteiger charge is 2.30. The number of carbonyl (C=O) groups excluding carboxylic acids is 1. The van der Waals surface area contributed by atoms with E-state index in [0.29, 0.717) is 11.5 Å². The van der Waals surface area contributed by atoms with Crippen LogP contribution >= 0.6 is 11.8 Å². The zero-order valence-corrected chi connectivity index (χ0v) is 16.8. The number of rotatable bonds is 5. The molecular weight excluding hydrogens is 402 g/mol.